The van der Waals surface area contributed by atoms with Crippen LogP contribution in [0.15, 0.2) is 11.5 Å². The summed E-state index contributed by atoms with van der Waals surface area (Å²) in [4.78, 5) is 15.4. The summed E-state index contributed by atoms with van der Waals surface area (Å²) in [6, 6.07) is 0. The summed E-state index contributed by atoms with van der Waals surface area (Å²) in [5, 5.41) is 7.08. The van der Waals surface area contributed by atoms with Crippen LogP contribution in [0.25, 0.3) is 0 Å². The molecule has 13 heavy (non-hydrogen) atoms. The number of aromatic nitrogens is 3. The Morgan fingerprint density at radius 3 is 2.77 bits per heavy atom. The molecular weight excluding hydrogens is 186 g/mol. The maximum Gasteiger partial charge on any atom is 0.183 e. The van der Waals surface area contributed by atoms with Crippen molar-refractivity contribution in [2.24, 2.45) is 5.41 Å². The number of hydrogen-bond donors (Lipinski definition) is 1. The van der Waals surface area contributed by atoms with Crippen LogP contribution < -0.4 is 0 Å². The summed E-state index contributed by atoms with van der Waals surface area (Å²) in [5.41, 5.74) is -0.271. The van der Waals surface area contributed by atoms with Gasteiger partial charge >= 0.3 is 0 Å². The molecule has 1 aromatic rings. The van der Waals surface area contributed by atoms with Gasteiger partial charge in [-0.2, -0.15) is 5.10 Å². The highest BCUT2D eigenvalue weighted by atomic mass is 32.2. The van der Waals surface area contributed by atoms with Gasteiger partial charge in [-0.1, -0.05) is 32.5 Å². The van der Waals surface area contributed by atoms with Crippen LogP contribution in [0.2, 0.25) is 0 Å². The number of hydrogen-bond acceptors (Lipinski definition) is 4. The molecule has 0 spiro atoms. The topological polar surface area (TPSA) is 58.6 Å². The number of thioether (sulfide) groups is 1. The number of carbonyl (C=O) groups is 1. The highest BCUT2D eigenvalue weighted by Gasteiger charge is 2.21. The van der Waals surface area contributed by atoms with E-state index in [0.717, 1.165) is 0 Å². The van der Waals surface area contributed by atoms with E-state index in [1.54, 1.807) is 0 Å². The summed E-state index contributed by atoms with van der Waals surface area (Å²) >= 11 is 1.38. The summed E-state index contributed by atoms with van der Waals surface area (Å²) in [5.74, 6) is 0.660. The van der Waals surface area contributed by atoms with E-state index in [-0.39, 0.29) is 11.2 Å². The number of aromatic amines is 1. The van der Waals surface area contributed by atoms with Crippen LogP contribution in [0.3, 0.4) is 0 Å². The average Bonchev–Trinajstić information content (AvgIpc) is 2.50. The molecular formula is C8H13N3OS. The van der Waals surface area contributed by atoms with Gasteiger partial charge in [0.1, 0.15) is 12.1 Å². The Kier molecular flexibility index (Phi) is 3.08. The SMILES string of the molecule is CC(C)(C)C(=O)CSc1ncn[nH]1. The number of H-pyrrole nitrogens is 1. The molecule has 0 radical (unpaired) electrons. The van der Waals surface area contributed by atoms with E-state index >= 15 is 0 Å². The van der Waals surface area contributed by atoms with Gasteiger partial charge in [0.25, 0.3) is 0 Å². The average molecular weight is 199 g/mol. The maximum atomic E-state index is 11.5. The van der Waals surface area contributed by atoms with E-state index in [9.17, 15) is 4.79 Å². The molecule has 1 heterocycles. The van der Waals surface area contributed by atoms with Crippen molar-refractivity contribution in [3.8, 4) is 0 Å². The largest absolute Gasteiger partial charge is 0.298 e. The number of nitrogens with one attached hydrogen (secondary N) is 1. The smallest absolute Gasteiger partial charge is 0.183 e. The molecule has 0 aromatic carbocycles. The summed E-state index contributed by atoms with van der Waals surface area (Å²) in [6.45, 7) is 5.74. The Labute approximate surface area is 81.5 Å². The number of rotatable bonds is 3. The molecule has 0 fully saturated rings. The zero-order chi connectivity index (χ0) is 9.90. The van der Waals surface area contributed by atoms with Crippen LogP contribution in [0.4, 0.5) is 0 Å². The molecule has 0 amide bonds. The van der Waals surface area contributed by atoms with Gasteiger partial charge in [0.05, 0.1) is 5.75 Å². The lowest BCUT2D eigenvalue weighted by molar-refractivity contribution is -0.123. The van der Waals surface area contributed by atoms with Crippen LogP contribution >= 0.6 is 11.8 Å². The monoisotopic (exact) mass is 199 g/mol. The predicted molar refractivity (Wildman–Crippen MR) is 51.6 cm³/mol. The van der Waals surface area contributed by atoms with Crippen molar-refractivity contribution >= 4 is 17.5 Å². The standard InChI is InChI=1S/C8H13N3OS/c1-8(2,3)6(12)4-13-7-9-5-10-11-7/h5H,4H2,1-3H3,(H,9,10,11). The third-order valence-corrected chi connectivity index (χ3v) is 2.45. The summed E-state index contributed by atoms with van der Waals surface area (Å²) < 4.78 is 0. The van der Waals surface area contributed by atoms with E-state index in [1.165, 1.54) is 18.1 Å². The minimum atomic E-state index is -0.271. The fraction of sp³-hybridized carbons (Fsp3) is 0.625. The van der Waals surface area contributed by atoms with Crippen LogP contribution in [0, 0.1) is 5.41 Å². The van der Waals surface area contributed by atoms with Crippen molar-refractivity contribution in [3.63, 3.8) is 0 Å². The second-order valence-electron chi connectivity index (χ2n) is 3.75. The second-order valence-corrected chi connectivity index (χ2v) is 4.72. The maximum absolute atomic E-state index is 11.5. The van der Waals surface area contributed by atoms with Crippen LogP contribution in [0.5, 0.6) is 0 Å². The Hall–Kier alpha value is -0.840. The fourth-order valence-corrected chi connectivity index (χ4v) is 1.55. The lowest BCUT2D eigenvalue weighted by atomic mass is 9.92. The van der Waals surface area contributed by atoms with E-state index in [4.69, 9.17) is 0 Å². The molecule has 0 aliphatic carbocycles. The minimum absolute atomic E-state index is 0.217. The van der Waals surface area contributed by atoms with Crippen molar-refractivity contribution in [1.82, 2.24) is 15.2 Å². The molecule has 72 valence electrons. The lowest BCUT2D eigenvalue weighted by Crippen LogP contribution is -2.22. The van der Waals surface area contributed by atoms with Gasteiger partial charge < -0.3 is 0 Å². The first-order valence-corrected chi connectivity index (χ1v) is 5.00. The molecule has 4 nitrogen and oxygen atoms in total. The van der Waals surface area contributed by atoms with Crippen molar-refractivity contribution in [3.05, 3.63) is 6.33 Å². The first kappa shape index (κ1) is 10.2. The number of carbonyl (C=O) groups excluding carboxylic acids is 1. The Morgan fingerprint density at radius 1 is 1.62 bits per heavy atom. The van der Waals surface area contributed by atoms with Crippen molar-refractivity contribution in [2.45, 2.75) is 25.9 Å². The van der Waals surface area contributed by atoms with Crippen molar-refractivity contribution in [1.29, 1.82) is 0 Å². The Morgan fingerprint density at radius 2 is 2.31 bits per heavy atom. The molecule has 0 atom stereocenters. The highest BCUT2D eigenvalue weighted by Crippen LogP contribution is 2.20. The summed E-state index contributed by atoms with van der Waals surface area (Å²) in [7, 11) is 0. The molecule has 5 heteroatoms. The summed E-state index contributed by atoms with van der Waals surface area (Å²) in [6.07, 6.45) is 1.43. The molecule has 0 unspecified atom stereocenters. The molecule has 0 saturated carbocycles. The Bertz CT molecular complexity index is 276. The third-order valence-electron chi connectivity index (χ3n) is 1.57. The fourth-order valence-electron chi connectivity index (χ4n) is 0.614. The van der Waals surface area contributed by atoms with Crippen molar-refractivity contribution < 1.29 is 4.79 Å². The normalized spacial score (nSPS) is 11.6. The van der Waals surface area contributed by atoms with Gasteiger partial charge in [-0.3, -0.25) is 9.89 Å². The van der Waals surface area contributed by atoms with Gasteiger partial charge in [-0.15, -0.1) is 0 Å². The quantitative estimate of drug-likeness (QED) is 0.750. The number of Topliss-reactive ketones (excluding diaryl/α,β-unsaturated/α-hetero) is 1. The van der Waals surface area contributed by atoms with E-state index in [1.807, 2.05) is 20.8 Å². The zero-order valence-electron chi connectivity index (χ0n) is 8.00. The van der Waals surface area contributed by atoms with Gasteiger partial charge in [0.15, 0.2) is 5.16 Å². The molecule has 0 aliphatic heterocycles. The molecule has 1 N–H and O–H groups in total. The predicted octanol–water partition coefficient (Wildman–Crippen LogP) is 1.51. The molecule has 0 bridgehead atoms. The minimum Gasteiger partial charge on any atom is -0.298 e. The molecule has 1 rings (SSSR count). The van der Waals surface area contributed by atoms with Crippen LogP contribution in [0.1, 0.15) is 20.8 Å². The zero-order valence-corrected chi connectivity index (χ0v) is 8.81. The van der Waals surface area contributed by atoms with E-state index in [2.05, 4.69) is 15.2 Å². The van der Waals surface area contributed by atoms with Gasteiger partial charge in [-0.05, 0) is 0 Å². The second kappa shape index (κ2) is 3.91. The van der Waals surface area contributed by atoms with Gasteiger partial charge in [-0.25, -0.2) is 4.98 Å². The van der Waals surface area contributed by atoms with Crippen molar-refractivity contribution in [2.75, 3.05) is 5.75 Å². The first-order chi connectivity index (χ1) is 6.00. The van der Waals surface area contributed by atoms with Crippen LogP contribution in [-0.4, -0.2) is 26.7 Å². The lowest BCUT2D eigenvalue weighted by Gasteiger charge is -2.15. The number of ketones is 1. The molecule has 0 aliphatic rings. The first-order valence-electron chi connectivity index (χ1n) is 4.01. The van der Waals surface area contributed by atoms with E-state index < -0.39 is 0 Å². The van der Waals surface area contributed by atoms with Crippen LogP contribution in [-0.2, 0) is 4.79 Å². The van der Waals surface area contributed by atoms with E-state index in [0.29, 0.717) is 10.9 Å². The molecule has 1 aromatic heterocycles. The number of nitrogens with zero attached hydrogens (tertiary/aromatic N) is 2. The Balaban J connectivity index is 2.40. The highest BCUT2D eigenvalue weighted by molar-refractivity contribution is 7.99. The van der Waals surface area contributed by atoms with Gasteiger partial charge in [0.2, 0.25) is 0 Å². The molecule has 0 saturated heterocycles. The van der Waals surface area contributed by atoms with Gasteiger partial charge in [0, 0.05) is 5.41 Å². The third kappa shape index (κ3) is 3.18.